The maximum absolute atomic E-state index is 13.6. The van der Waals surface area contributed by atoms with Crippen LogP contribution in [0.15, 0.2) is 36.7 Å². The van der Waals surface area contributed by atoms with Gasteiger partial charge in [-0.3, -0.25) is 14.5 Å². The first-order valence-corrected chi connectivity index (χ1v) is 9.53. The summed E-state index contributed by atoms with van der Waals surface area (Å²) in [6.45, 7) is 0.592. The van der Waals surface area contributed by atoms with E-state index < -0.39 is 23.9 Å². The molecule has 2 aliphatic rings. The summed E-state index contributed by atoms with van der Waals surface area (Å²) in [6.07, 6.45) is -0.783. The fraction of sp³-hybridized carbons (Fsp3) is 0.300. The molecule has 0 bridgehead atoms. The van der Waals surface area contributed by atoms with Gasteiger partial charge in [0.1, 0.15) is 24.0 Å². The number of aromatic nitrogens is 3. The van der Waals surface area contributed by atoms with Crippen molar-refractivity contribution in [1.82, 2.24) is 25.0 Å². The Morgan fingerprint density at radius 3 is 2.84 bits per heavy atom. The van der Waals surface area contributed by atoms with E-state index in [0.717, 1.165) is 12.1 Å². The summed E-state index contributed by atoms with van der Waals surface area (Å²) < 4.78 is 46.3. The van der Waals surface area contributed by atoms with Gasteiger partial charge in [-0.1, -0.05) is 6.07 Å². The summed E-state index contributed by atoms with van der Waals surface area (Å²) in [5.41, 5.74) is 1.26. The van der Waals surface area contributed by atoms with Crippen LogP contribution in [0.3, 0.4) is 0 Å². The van der Waals surface area contributed by atoms with Gasteiger partial charge in [-0.15, -0.1) is 0 Å². The van der Waals surface area contributed by atoms with Crippen molar-refractivity contribution in [3.8, 4) is 11.1 Å². The first-order chi connectivity index (χ1) is 14.9. The second-order valence-corrected chi connectivity index (χ2v) is 7.46. The van der Waals surface area contributed by atoms with Crippen LogP contribution in [0.2, 0.25) is 0 Å². The highest BCUT2D eigenvalue weighted by atomic mass is 19.3. The van der Waals surface area contributed by atoms with Crippen molar-refractivity contribution in [2.75, 3.05) is 13.1 Å². The van der Waals surface area contributed by atoms with E-state index in [4.69, 9.17) is 4.74 Å². The molecule has 0 radical (unpaired) electrons. The zero-order valence-electron chi connectivity index (χ0n) is 16.0. The Kier molecular flexibility index (Phi) is 4.53. The van der Waals surface area contributed by atoms with Crippen LogP contribution in [0.4, 0.5) is 18.0 Å². The third-order valence-electron chi connectivity index (χ3n) is 5.52. The number of carbonyl (C=O) groups is 2. The summed E-state index contributed by atoms with van der Waals surface area (Å²) in [5.74, 6) is -1.18. The molecule has 2 amide bonds. The Morgan fingerprint density at radius 2 is 2.06 bits per heavy atom. The topological polar surface area (TPSA) is 89.4 Å². The van der Waals surface area contributed by atoms with Gasteiger partial charge < -0.3 is 15.0 Å². The summed E-state index contributed by atoms with van der Waals surface area (Å²) in [5, 5.41) is 6.87. The van der Waals surface area contributed by atoms with Crippen molar-refractivity contribution in [2.45, 2.75) is 25.1 Å². The van der Waals surface area contributed by atoms with Crippen LogP contribution in [0.25, 0.3) is 22.2 Å². The number of alkyl halides is 2. The minimum Gasteiger partial charge on any atom is -0.442 e. The van der Waals surface area contributed by atoms with E-state index in [1.54, 1.807) is 11.0 Å². The number of fused-ring (bicyclic) bond motifs is 2. The molecule has 2 aromatic heterocycles. The molecule has 0 unspecified atom stereocenters. The molecule has 31 heavy (non-hydrogen) atoms. The van der Waals surface area contributed by atoms with Gasteiger partial charge >= 0.3 is 6.09 Å². The zero-order chi connectivity index (χ0) is 21.7. The molecule has 4 heterocycles. The number of alkyl carbamates (subject to hydrolysis) is 1. The molecule has 0 spiro atoms. The molecule has 2 saturated heterocycles. The molecule has 11 heteroatoms. The largest absolute Gasteiger partial charge is 0.442 e. The molecule has 8 nitrogen and oxygen atoms in total. The number of ether oxygens (including phenoxy) is 1. The minimum atomic E-state index is -2.94. The Labute approximate surface area is 173 Å². The smallest absolute Gasteiger partial charge is 0.407 e. The molecule has 2 atom stereocenters. The van der Waals surface area contributed by atoms with Gasteiger partial charge in [0, 0.05) is 18.3 Å². The van der Waals surface area contributed by atoms with Gasteiger partial charge in [0.2, 0.25) is 5.91 Å². The highest BCUT2D eigenvalue weighted by Gasteiger charge is 2.43. The van der Waals surface area contributed by atoms with Crippen molar-refractivity contribution in [1.29, 1.82) is 0 Å². The summed E-state index contributed by atoms with van der Waals surface area (Å²) in [7, 11) is 0. The number of hydrogen-bond donors (Lipinski definition) is 1. The number of carbonyl (C=O) groups excluding carboxylic acids is 2. The van der Waals surface area contributed by atoms with E-state index in [-0.39, 0.29) is 24.6 Å². The fourth-order valence-electron chi connectivity index (χ4n) is 3.92. The summed E-state index contributed by atoms with van der Waals surface area (Å²) in [6, 6.07) is 4.93. The lowest BCUT2D eigenvalue weighted by atomic mass is 10.0. The van der Waals surface area contributed by atoms with Gasteiger partial charge in [-0.2, -0.15) is 5.10 Å². The number of halogens is 3. The molecular formula is C20H16F3N5O3. The molecule has 5 rings (SSSR count). The molecule has 1 N–H and O–H groups in total. The van der Waals surface area contributed by atoms with Crippen LogP contribution in [0.5, 0.6) is 0 Å². The quantitative estimate of drug-likeness (QED) is 0.686. The highest BCUT2D eigenvalue weighted by molar-refractivity contribution is 5.83. The van der Waals surface area contributed by atoms with Crippen molar-refractivity contribution < 1.29 is 27.5 Å². The van der Waals surface area contributed by atoms with Crippen molar-refractivity contribution in [2.24, 2.45) is 0 Å². The monoisotopic (exact) mass is 431 g/mol. The van der Waals surface area contributed by atoms with E-state index >= 15 is 0 Å². The van der Waals surface area contributed by atoms with E-state index in [1.807, 2.05) is 0 Å². The van der Waals surface area contributed by atoms with Gasteiger partial charge in [-0.05, 0) is 23.8 Å². The first-order valence-electron chi connectivity index (χ1n) is 9.53. The van der Waals surface area contributed by atoms with Crippen LogP contribution in [0.1, 0.15) is 12.0 Å². The highest BCUT2D eigenvalue weighted by Crippen LogP contribution is 2.29. The molecular weight excluding hydrogens is 415 g/mol. The van der Waals surface area contributed by atoms with Crippen LogP contribution in [0, 0.1) is 5.82 Å². The van der Waals surface area contributed by atoms with E-state index in [0.29, 0.717) is 35.2 Å². The predicted molar refractivity (Wildman–Crippen MR) is 102 cm³/mol. The second kappa shape index (κ2) is 7.25. The normalized spacial score (nSPS) is 20.3. The number of amides is 2. The Hall–Kier alpha value is -3.63. The predicted octanol–water partition coefficient (Wildman–Crippen LogP) is 2.49. The molecule has 2 fully saturated rings. The Bertz CT molecular complexity index is 1180. The van der Waals surface area contributed by atoms with Crippen molar-refractivity contribution in [3.63, 3.8) is 0 Å². The second-order valence-electron chi connectivity index (χ2n) is 7.46. The maximum atomic E-state index is 13.6. The van der Waals surface area contributed by atoms with Gasteiger partial charge in [0.05, 0.1) is 29.9 Å². The third kappa shape index (κ3) is 3.45. The Balaban J connectivity index is 1.39. The number of nitrogens with one attached hydrogen (secondary N) is 1. The van der Waals surface area contributed by atoms with Gasteiger partial charge in [-0.25, -0.2) is 18.0 Å². The lowest BCUT2D eigenvalue weighted by Gasteiger charge is -2.17. The Morgan fingerprint density at radius 1 is 1.23 bits per heavy atom. The number of hydrogen-bond acceptors (Lipinski definition) is 5. The van der Waals surface area contributed by atoms with Crippen molar-refractivity contribution >= 4 is 23.0 Å². The van der Waals surface area contributed by atoms with E-state index in [2.05, 4.69) is 15.4 Å². The SMILES string of the molecule is O=C1N[C@H]2CN(C(=O)Cn3ncc4ncc(-c5ccc(F)c(C(F)F)c5)cc43)C[C@H]2O1. The standard InChI is InChI=1S/C20H16F3N5O3/c21-13-2-1-10(3-12(13)19(22)23)11-4-16-14(24-5-11)6-25-28(16)9-18(29)27-7-15-17(8-27)31-20(30)26-15/h1-6,15,17,19H,7-9H2,(H,26,30)/t15-,17+/m0/s1. The first kappa shape index (κ1) is 19.3. The average Bonchev–Trinajstić information content (AvgIpc) is 3.41. The molecule has 3 aromatic rings. The lowest BCUT2D eigenvalue weighted by Crippen LogP contribution is -2.37. The molecule has 160 valence electrons. The van der Waals surface area contributed by atoms with Crippen LogP contribution >= 0.6 is 0 Å². The van der Waals surface area contributed by atoms with Crippen LogP contribution in [-0.4, -0.2) is 56.9 Å². The third-order valence-corrected chi connectivity index (χ3v) is 5.52. The molecule has 0 saturated carbocycles. The average molecular weight is 431 g/mol. The number of pyridine rings is 1. The van der Waals surface area contributed by atoms with Crippen LogP contribution in [-0.2, 0) is 16.1 Å². The fourth-order valence-corrected chi connectivity index (χ4v) is 3.92. The number of benzene rings is 1. The zero-order valence-corrected chi connectivity index (χ0v) is 16.0. The van der Waals surface area contributed by atoms with Crippen molar-refractivity contribution in [3.05, 3.63) is 48.0 Å². The summed E-state index contributed by atoms with van der Waals surface area (Å²) >= 11 is 0. The maximum Gasteiger partial charge on any atom is 0.407 e. The number of likely N-dealkylation sites (tertiary alicyclic amines) is 1. The minimum absolute atomic E-state index is 0.0618. The van der Waals surface area contributed by atoms with Gasteiger partial charge in [0.15, 0.2) is 0 Å². The van der Waals surface area contributed by atoms with E-state index in [1.165, 1.54) is 23.1 Å². The lowest BCUT2D eigenvalue weighted by molar-refractivity contribution is -0.131. The molecule has 1 aromatic carbocycles. The van der Waals surface area contributed by atoms with Gasteiger partial charge in [0.25, 0.3) is 6.43 Å². The molecule has 2 aliphatic heterocycles. The summed E-state index contributed by atoms with van der Waals surface area (Å²) in [4.78, 5) is 29.8. The molecule has 0 aliphatic carbocycles. The number of nitrogens with zero attached hydrogens (tertiary/aromatic N) is 4. The van der Waals surface area contributed by atoms with Crippen LogP contribution < -0.4 is 5.32 Å². The number of rotatable bonds is 4. The van der Waals surface area contributed by atoms with E-state index in [9.17, 15) is 22.8 Å².